The second-order valence-corrected chi connectivity index (χ2v) is 6.04. The van der Waals surface area contributed by atoms with Gasteiger partial charge in [-0.3, -0.25) is 10.8 Å². The Hall–Kier alpha value is -0.820. The summed E-state index contributed by atoms with van der Waals surface area (Å²) in [5.74, 6) is 5.17. The quantitative estimate of drug-likeness (QED) is 0.676. The smallest absolute Gasteiger partial charge is 0.141 e. The summed E-state index contributed by atoms with van der Waals surface area (Å²) in [7, 11) is 0. The molecule has 0 aromatic carbocycles. The van der Waals surface area contributed by atoms with Crippen LogP contribution in [0.15, 0.2) is 28.3 Å². The lowest BCUT2D eigenvalue weighted by Crippen LogP contribution is -2.28. The number of aryl methyl sites for hydroxylation is 1. The van der Waals surface area contributed by atoms with Gasteiger partial charge in [0.2, 0.25) is 0 Å². The van der Waals surface area contributed by atoms with Gasteiger partial charge in [0.25, 0.3) is 0 Å². The van der Waals surface area contributed by atoms with Crippen LogP contribution in [-0.4, -0.2) is 4.98 Å². The van der Waals surface area contributed by atoms with Crippen LogP contribution < -0.4 is 11.3 Å². The standard InChI is InChI=1S/C11H11BrFN3S/c1-6-2-9(17-11(6)12)10(16-14)7-3-8(13)5-15-4-7/h2-5,10,16H,14H2,1H3. The highest BCUT2D eigenvalue weighted by atomic mass is 79.9. The highest BCUT2D eigenvalue weighted by Crippen LogP contribution is 2.33. The van der Waals surface area contributed by atoms with E-state index in [2.05, 4.69) is 26.3 Å². The molecule has 2 aromatic rings. The molecule has 0 radical (unpaired) electrons. The van der Waals surface area contributed by atoms with E-state index in [0.717, 1.165) is 14.2 Å². The van der Waals surface area contributed by atoms with Crippen LogP contribution >= 0.6 is 27.3 Å². The average Bonchev–Trinajstić information content (AvgIpc) is 2.60. The molecule has 0 saturated heterocycles. The summed E-state index contributed by atoms with van der Waals surface area (Å²) in [4.78, 5) is 4.85. The van der Waals surface area contributed by atoms with E-state index in [-0.39, 0.29) is 11.9 Å². The molecule has 0 fully saturated rings. The lowest BCUT2D eigenvalue weighted by atomic mass is 10.1. The van der Waals surface area contributed by atoms with Gasteiger partial charge in [0.15, 0.2) is 0 Å². The summed E-state index contributed by atoms with van der Waals surface area (Å²) in [5, 5.41) is 0. The number of hydrazine groups is 1. The highest BCUT2D eigenvalue weighted by Gasteiger charge is 2.16. The fourth-order valence-corrected chi connectivity index (χ4v) is 3.21. The summed E-state index contributed by atoms with van der Waals surface area (Å²) < 4.78 is 14.2. The first-order valence-corrected chi connectivity index (χ1v) is 6.55. The zero-order chi connectivity index (χ0) is 12.4. The Labute approximate surface area is 111 Å². The van der Waals surface area contributed by atoms with E-state index >= 15 is 0 Å². The summed E-state index contributed by atoms with van der Waals surface area (Å²) in [6.07, 6.45) is 2.78. The van der Waals surface area contributed by atoms with E-state index in [1.54, 1.807) is 17.5 Å². The predicted molar refractivity (Wildman–Crippen MR) is 70.1 cm³/mol. The Morgan fingerprint density at radius 3 is 2.76 bits per heavy atom. The van der Waals surface area contributed by atoms with Gasteiger partial charge >= 0.3 is 0 Å². The maximum Gasteiger partial charge on any atom is 0.141 e. The number of nitrogens with one attached hydrogen (secondary N) is 1. The van der Waals surface area contributed by atoms with Crippen LogP contribution in [0.2, 0.25) is 0 Å². The summed E-state index contributed by atoms with van der Waals surface area (Å²) in [5.41, 5.74) is 4.53. The van der Waals surface area contributed by atoms with Gasteiger partial charge in [-0.1, -0.05) is 0 Å². The molecule has 0 spiro atoms. The first kappa shape index (κ1) is 12.6. The Morgan fingerprint density at radius 2 is 2.24 bits per heavy atom. The molecule has 1 atom stereocenters. The molecule has 1 unspecified atom stereocenters. The second kappa shape index (κ2) is 5.22. The molecular formula is C11H11BrFN3S. The molecule has 0 amide bonds. The van der Waals surface area contributed by atoms with Crippen molar-refractivity contribution < 1.29 is 4.39 Å². The van der Waals surface area contributed by atoms with Gasteiger partial charge in [0, 0.05) is 11.1 Å². The Balaban J connectivity index is 2.39. The van der Waals surface area contributed by atoms with Gasteiger partial charge in [-0.2, -0.15) is 0 Å². The lowest BCUT2D eigenvalue weighted by Gasteiger charge is -2.13. The Morgan fingerprint density at radius 1 is 1.47 bits per heavy atom. The van der Waals surface area contributed by atoms with Gasteiger partial charge in [0.05, 0.1) is 16.0 Å². The zero-order valence-corrected chi connectivity index (χ0v) is 11.5. The number of rotatable bonds is 3. The number of halogens is 2. The van der Waals surface area contributed by atoms with E-state index in [4.69, 9.17) is 5.84 Å². The van der Waals surface area contributed by atoms with Crippen molar-refractivity contribution in [1.82, 2.24) is 10.4 Å². The molecule has 2 rings (SSSR count). The molecular weight excluding hydrogens is 305 g/mol. The molecule has 3 N–H and O–H groups in total. The minimum atomic E-state index is -0.366. The molecule has 0 bridgehead atoms. The minimum absolute atomic E-state index is 0.242. The topological polar surface area (TPSA) is 50.9 Å². The maximum absolute atomic E-state index is 13.1. The van der Waals surface area contributed by atoms with Crippen molar-refractivity contribution in [2.24, 2.45) is 5.84 Å². The summed E-state index contributed by atoms with van der Waals surface area (Å²) >= 11 is 5.03. The molecule has 0 saturated carbocycles. The number of hydrogen-bond acceptors (Lipinski definition) is 4. The van der Waals surface area contributed by atoms with Crippen LogP contribution in [0.1, 0.15) is 22.0 Å². The summed E-state index contributed by atoms with van der Waals surface area (Å²) in [6.45, 7) is 2.00. The van der Waals surface area contributed by atoms with E-state index < -0.39 is 0 Å². The normalized spacial score (nSPS) is 12.7. The molecule has 0 aliphatic heterocycles. The number of pyridine rings is 1. The molecule has 6 heteroatoms. The molecule has 0 aliphatic rings. The molecule has 0 aliphatic carbocycles. The van der Waals surface area contributed by atoms with Gasteiger partial charge in [-0.25, -0.2) is 9.82 Å². The largest absolute Gasteiger partial charge is 0.271 e. The molecule has 90 valence electrons. The van der Waals surface area contributed by atoms with Crippen LogP contribution in [0.25, 0.3) is 0 Å². The number of thiophene rings is 1. The lowest BCUT2D eigenvalue weighted by molar-refractivity contribution is 0.601. The third-order valence-corrected chi connectivity index (χ3v) is 4.59. The Kier molecular flexibility index (Phi) is 3.88. The number of aromatic nitrogens is 1. The van der Waals surface area contributed by atoms with E-state index in [9.17, 15) is 4.39 Å². The van der Waals surface area contributed by atoms with Crippen molar-refractivity contribution >= 4 is 27.3 Å². The van der Waals surface area contributed by atoms with Crippen molar-refractivity contribution in [2.45, 2.75) is 13.0 Å². The number of nitrogens with two attached hydrogens (primary N) is 1. The summed E-state index contributed by atoms with van der Waals surface area (Å²) in [6, 6.07) is 3.21. The van der Waals surface area contributed by atoms with Crippen molar-refractivity contribution in [2.75, 3.05) is 0 Å². The molecule has 2 aromatic heterocycles. The minimum Gasteiger partial charge on any atom is -0.271 e. The zero-order valence-electron chi connectivity index (χ0n) is 9.08. The fraction of sp³-hybridized carbons (Fsp3) is 0.182. The van der Waals surface area contributed by atoms with Crippen molar-refractivity contribution in [3.63, 3.8) is 0 Å². The first-order chi connectivity index (χ1) is 8.11. The predicted octanol–water partition coefficient (Wildman–Crippen LogP) is 2.91. The first-order valence-electron chi connectivity index (χ1n) is 4.94. The van der Waals surface area contributed by atoms with Crippen LogP contribution in [0, 0.1) is 12.7 Å². The Bertz CT molecular complexity index is 510. The van der Waals surface area contributed by atoms with Gasteiger partial charge in [-0.15, -0.1) is 11.3 Å². The van der Waals surface area contributed by atoms with Gasteiger partial charge in [-0.05, 0) is 46.1 Å². The third kappa shape index (κ3) is 2.71. The number of hydrogen-bond donors (Lipinski definition) is 2. The van der Waals surface area contributed by atoms with E-state index in [0.29, 0.717) is 5.56 Å². The monoisotopic (exact) mass is 315 g/mol. The molecule has 17 heavy (non-hydrogen) atoms. The van der Waals surface area contributed by atoms with Crippen molar-refractivity contribution in [1.29, 1.82) is 0 Å². The molecule has 3 nitrogen and oxygen atoms in total. The van der Waals surface area contributed by atoms with Gasteiger partial charge < -0.3 is 0 Å². The fourth-order valence-electron chi connectivity index (χ4n) is 1.55. The highest BCUT2D eigenvalue weighted by molar-refractivity contribution is 9.11. The van der Waals surface area contributed by atoms with E-state index in [1.807, 2.05) is 13.0 Å². The SMILES string of the molecule is Cc1cc(C(NN)c2cncc(F)c2)sc1Br. The van der Waals surface area contributed by atoms with E-state index in [1.165, 1.54) is 12.3 Å². The number of nitrogens with zero attached hydrogens (tertiary/aromatic N) is 1. The third-order valence-electron chi connectivity index (χ3n) is 2.39. The molecule has 2 heterocycles. The maximum atomic E-state index is 13.1. The van der Waals surface area contributed by atoms with Crippen LogP contribution in [0.5, 0.6) is 0 Å². The van der Waals surface area contributed by atoms with Crippen LogP contribution in [0.4, 0.5) is 4.39 Å². The average molecular weight is 316 g/mol. The van der Waals surface area contributed by atoms with Crippen molar-refractivity contribution in [3.05, 3.63) is 50.1 Å². The second-order valence-electron chi connectivity index (χ2n) is 3.64. The van der Waals surface area contributed by atoms with Gasteiger partial charge in [0.1, 0.15) is 5.82 Å². The van der Waals surface area contributed by atoms with Crippen LogP contribution in [0.3, 0.4) is 0 Å². The van der Waals surface area contributed by atoms with Crippen LogP contribution in [-0.2, 0) is 0 Å². The van der Waals surface area contributed by atoms with Crippen molar-refractivity contribution in [3.8, 4) is 0 Å².